The van der Waals surface area contributed by atoms with Crippen LogP contribution in [0.1, 0.15) is 44.9 Å². The molecule has 6 rings (SSSR count). The lowest BCUT2D eigenvalue weighted by atomic mass is 10.0. The van der Waals surface area contributed by atoms with E-state index >= 15 is 0 Å². The second-order valence-electron chi connectivity index (χ2n) is 11.5. The summed E-state index contributed by atoms with van der Waals surface area (Å²) >= 11 is 2.98. The predicted molar refractivity (Wildman–Crippen MR) is 169 cm³/mol. The average Bonchev–Trinajstić information content (AvgIpc) is 3.64. The summed E-state index contributed by atoms with van der Waals surface area (Å²) in [6.45, 7) is 2.75. The minimum atomic E-state index is -0.256. The molecule has 0 saturated carbocycles. The van der Waals surface area contributed by atoms with E-state index in [9.17, 15) is 18.4 Å². The SMILES string of the molecule is CN(c1nc2ccc(F)cc2s1)C1CCN(C(=O)CCCC(=O)N2CCC(N(C)c3nc4ccc(F)cc4s3)CC2)CC1. The standard InChI is InChI=1S/C31H36F2N6O2S2/c1-36(30-34-24-8-6-20(32)18-26(24)42-30)22-10-14-38(15-11-22)28(40)4-3-5-29(41)39-16-12-23(13-17-39)37(2)31-35-25-9-7-21(33)19-27(25)43-31/h6-9,18-19,22-23H,3-5,10-17H2,1-2H3. The van der Waals surface area contributed by atoms with Crippen molar-refractivity contribution < 1.29 is 18.4 Å². The Hall–Kier alpha value is -3.38. The highest BCUT2D eigenvalue weighted by atomic mass is 32.1. The number of amides is 2. The van der Waals surface area contributed by atoms with Crippen molar-refractivity contribution in [3.63, 3.8) is 0 Å². The van der Waals surface area contributed by atoms with E-state index in [4.69, 9.17) is 0 Å². The summed E-state index contributed by atoms with van der Waals surface area (Å²) in [4.78, 5) is 43.3. The number of carbonyl (C=O) groups excluding carboxylic acids is 2. The summed E-state index contributed by atoms with van der Waals surface area (Å²) in [5.74, 6) is -0.289. The van der Waals surface area contributed by atoms with Crippen LogP contribution in [0.5, 0.6) is 0 Å². The first-order valence-corrected chi connectivity index (χ1v) is 16.5. The fourth-order valence-corrected chi connectivity index (χ4v) is 8.15. The number of piperidine rings is 2. The number of nitrogens with zero attached hydrogens (tertiary/aromatic N) is 6. The lowest BCUT2D eigenvalue weighted by Crippen LogP contribution is -2.46. The number of hydrogen-bond acceptors (Lipinski definition) is 8. The third-order valence-electron chi connectivity index (χ3n) is 8.79. The molecule has 2 aliphatic rings. The van der Waals surface area contributed by atoms with Gasteiger partial charge in [-0.25, -0.2) is 18.7 Å². The second-order valence-corrected chi connectivity index (χ2v) is 13.5. The molecule has 8 nitrogen and oxygen atoms in total. The Morgan fingerprint density at radius 3 is 1.53 bits per heavy atom. The molecule has 2 fully saturated rings. The molecule has 2 aromatic carbocycles. The van der Waals surface area contributed by atoms with E-state index in [2.05, 4.69) is 19.8 Å². The van der Waals surface area contributed by atoms with E-state index in [1.54, 1.807) is 12.1 Å². The number of carbonyl (C=O) groups is 2. The number of aromatic nitrogens is 2. The number of fused-ring (bicyclic) bond motifs is 2. The molecule has 0 unspecified atom stereocenters. The normalized spacial score (nSPS) is 16.7. The van der Waals surface area contributed by atoms with Gasteiger partial charge in [-0.15, -0.1) is 0 Å². The van der Waals surface area contributed by atoms with Gasteiger partial charge in [0.1, 0.15) is 11.6 Å². The van der Waals surface area contributed by atoms with E-state index in [0.29, 0.717) is 45.4 Å². The molecule has 0 bridgehead atoms. The van der Waals surface area contributed by atoms with Crippen LogP contribution in [0.4, 0.5) is 19.0 Å². The molecule has 0 atom stereocenters. The van der Waals surface area contributed by atoms with Gasteiger partial charge in [-0.05, 0) is 68.5 Å². The highest BCUT2D eigenvalue weighted by molar-refractivity contribution is 7.22. The molecular formula is C31H36F2N6O2S2. The topological polar surface area (TPSA) is 72.9 Å². The molecule has 43 heavy (non-hydrogen) atoms. The van der Waals surface area contributed by atoms with E-state index in [1.165, 1.54) is 46.9 Å². The van der Waals surface area contributed by atoms with E-state index in [1.807, 2.05) is 23.9 Å². The number of anilines is 2. The summed E-state index contributed by atoms with van der Waals surface area (Å²) in [7, 11) is 4.04. The summed E-state index contributed by atoms with van der Waals surface area (Å²) in [5, 5.41) is 1.74. The molecule has 4 heterocycles. The van der Waals surface area contributed by atoms with Gasteiger partial charge in [0.15, 0.2) is 10.3 Å². The first-order valence-electron chi connectivity index (χ1n) is 14.9. The smallest absolute Gasteiger partial charge is 0.222 e. The maximum absolute atomic E-state index is 13.6. The number of likely N-dealkylation sites (tertiary alicyclic amines) is 2. The molecule has 0 spiro atoms. The zero-order chi connectivity index (χ0) is 30.1. The quantitative estimate of drug-likeness (QED) is 0.242. The predicted octanol–water partition coefficient (Wildman–Crippen LogP) is 5.91. The van der Waals surface area contributed by atoms with E-state index in [-0.39, 0.29) is 35.5 Å². The summed E-state index contributed by atoms with van der Waals surface area (Å²) in [6, 6.07) is 9.88. The molecule has 228 valence electrons. The van der Waals surface area contributed by atoms with Crippen molar-refractivity contribution in [2.45, 2.75) is 57.0 Å². The molecule has 12 heteroatoms. The molecule has 0 aliphatic carbocycles. The van der Waals surface area contributed by atoms with Gasteiger partial charge in [0, 0.05) is 65.2 Å². The first-order chi connectivity index (χ1) is 20.7. The lowest BCUT2D eigenvalue weighted by molar-refractivity contribution is -0.133. The summed E-state index contributed by atoms with van der Waals surface area (Å²) in [6.07, 6.45) is 4.72. The van der Waals surface area contributed by atoms with Gasteiger partial charge in [-0.3, -0.25) is 9.59 Å². The number of rotatable bonds is 8. The van der Waals surface area contributed by atoms with Crippen molar-refractivity contribution in [3.05, 3.63) is 48.0 Å². The van der Waals surface area contributed by atoms with Crippen LogP contribution in [0, 0.1) is 11.6 Å². The van der Waals surface area contributed by atoms with Crippen LogP contribution in [0.2, 0.25) is 0 Å². The van der Waals surface area contributed by atoms with Crippen molar-refractivity contribution in [1.82, 2.24) is 19.8 Å². The molecular weight excluding hydrogens is 591 g/mol. The van der Waals surface area contributed by atoms with E-state index in [0.717, 1.165) is 56.4 Å². The average molecular weight is 627 g/mol. The minimum Gasteiger partial charge on any atom is -0.348 e. The molecule has 2 aromatic heterocycles. The van der Waals surface area contributed by atoms with Crippen molar-refractivity contribution in [3.8, 4) is 0 Å². The molecule has 2 saturated heterocycles. The van der Waals surface area contributed by atoms with Crippen LogP contribution in [0.15, 0.2) is 36.4 Å². The Balaban J connectivity index is 0.908. The van der Waals surface area contributed by atoms with Gasteiger partial charge in [0.2, 0.25) is 11.8 Å². The van der Waals surface area contributed by atoms with Gasteiger partial charge in [0.05, 0.1) is 20.4 Å². The van der Waals surface area contributed by atoms with Crippen LogP contribution in [0.25, 0.3) is 20.4 Å². The van der Waals surface area contributed by atoms with Gasteiger partial charge >= 0.3 is 0 Å². The fraction of sp³-hybridized carbons (Fsp3) is 0.484. The van der Waals surface area contributed by atoms with Crippen molar-refractivity contribution in [2.24, 2.45) is 0 Å². The molecule has 2 aliphatic heterocycles. The van der Waals surface area contributed by atoms with Crippen LogP contribution in [-0.4, -0.2) is 83.9 Å². The third-order valence-corrected chi connectivity index (χ3v) is 11.0. The monoisotopic (exact) mass is 626 g/mol. The number of hydrogen-bond donors (Lipinski definition) is 0. The highest BCUT2D eigenvalue weighted by Crippen LogP contribution is 2.33. The number of halogens is 2. The summed E-state index contributed by atoms with van der Waals surface area (Å²) in [5.41, 5.74) is 1.60. The summed E-state index contributed by atoms with van der Waals surface area (Å²) < 4.78 is 28.8. The minimum absolute atomic E-state index is 0.111. The van der Waals surface area contributed by atoms with Crippen LogP contribution in [-0.2, 0) is 9.59 Å². The molecule has 2 amide bonds. The third kappa shape index (κ3) is 6.59. The number of thiazole rings is 2. The highest BCUT2D eigenvalue weighted by Gasteiger charge is 2.29. The Bertz CT molecular complexity index is 1490. The zero-order valence-corrected chi connectivity index (χ0v) is 26.1. The van der Waals surface area contributed by atoms with Crippen molar-refractivity contribution >= 4 is 65.2 Å². The Labute approximate surface area is 257 Å². The Morgan fingerprint density at radius 1 is 0.744 bits per heavy atom. The zero-order valence-electron chi connectivity index (χ0n) is 24.5. The first kappa shape index (κ1) is 29.7. The maximum atomic E-state index is 13.6. The second kappa shape index (κ2) is 12.7. The van der Waals surface area contributed by atoms with Crippen LogP contribution < -0.4 is 9.80 Å². The Morgan fingerprint density at radius 2 is 1.14 bits per heavy atom. The number of benzene rings is 2. The van der Waals surface area contributed by atoms with Gasteiger partial charge in [0.25, 0.3) is 0 Å². The fourth-order valence-electron chi connectivity index (χ4n) is 6.10. The van der Waals surface area contributed by atoms with Crippen LogP contribution >= 0.6 is 22.7 Å². The Kier molecular flexibility index (Phi) is 8.76. The van der Waals surface area contributed by atoms with Gasteiger partial charge in [-0.1, -0.05) is 22.7 Å². The molecule has 0 N–H and O–H groups in total. The van der Waals surface area contributed by atoms with Crippen molar-refractivity contribution in [1.29, 1.82) is 0 Å². The van der Waals surface area contributed by atoms with Crippen LogP contribution in [0.3, 0.4) is 0 Å². The van der Waals surface area contributed by atoms with Gasteiger partial charge in [-0.2, -0.15) is 0 Å². The van der Waals surface area contributed by atoms with E-state index < -0.39 is 0 Å². The maximum Gasteiger partial charge on any atom is 0.222 e. The van der Waals surface area contributed by atoms with Crippen molar-refractivity contribution in [2.75, 3.05) is 50.1 Å². The largest absolute Gasteiger partial charge is 0.348 e. The molecule has 0 radical (unpaired) electrons. The van der Waals surface area contributed by atoms with Gasteiger partial charge < -0.3 is 19.6 Å². The molecule has 4 aromatic rings. The lowest BCUT2D eigenvalue weighted by Gasteiger charge is -2.37.